The van der Waals surface area contributed by atoms with Crippen molar-refractivity contribution in [2.24, 2.45) is 0 Å². The van der Waals surface area contributed by atoms with Crippen molar-refractivity contribution in [3.63, 3.8) is 0 Å². The quantitative estimate of drug-likeness (QED) is 0.625. The van der Waals surface area contributed by atoms with Crippen LogP contribution in [0, 0.1) is 0 Å². The molecule has 0 radical (unpaired) electrons. The Hall–Kier alpha value is -1.31. The summed E-state index contributed by atoms with van der Waals surface area (Å²) in [4.78, 5) is 0. The zero-order valence-corrected chi connectivity index (χ0v) is 6.79. The number of benzene rings is 1. The number of hydrogen-bond acceptors (Lipinski definition) is 1. The van der Waals surface area contributed by atoms with Crippen LogP contribution in [-0.2, 0) is 6.42 Å². The fourth-order valence-corrected chi connectivity index (χ4v) is 1.02. The summed E-state index contributed by atoms with van der Waals surface area (Å²) in [5.41, 5.74) is 0.875. The van der Waals surface area contributed by atoms with E-state index in [1.807, 2.05) is 18.2 Å². The Kier molecular flexibility index (Phi) is 3.33. The second-order valence-corrected chi connectivity index (χ2v) is 2.33. The molecule has 2 heteroatoms. The molecule has 1 aromatic rings. The van der Waals surface area contributed by atoms with Crippen LogP contribution >= 0.6 is 0 Å². The monoisotopic (exact) mass is 166 g/mol. The minimum Gasteiger partial charge on any atom is -0.465 e. The van der Waals surface area contributed by atoms with Gasteiger partial charge in [-0.05, 0) is 11.6 Å². The molecular formula is C10H11FO. The Morgan fingerprint density at radius 3 is 2.83 bits per heavy atom. The van der Waals surface area contributed by atoms with Gasteiger partial charge in [0.25, 0.3) is 0 Å². The summed E-state index contributed by atoms with van der Waals surface area (Å²) in [5, 5.41) is 0. The lowest BCUT2D eigenvalue weighted by Crippen LogP contribution is -1.91. The molecule has 1 aromatic carbocycles. The van der Waals surface area contributed by atoms with Crippen molar-refractivity contribution >= 4 is 0 Å². The van der Waals surface area contributed by atoms with Crippen molar-refractivity contribution in [2.75, 3.05) is 6.67 Å². The molecule has 0 spiro atoms. The van der Waals surface area contributed by atoms with Gasteiger partial charge in [0.05, 0.1) is 12.9 Å². The van der Waals surface area contributed by atoms with Gasteiger partial charge in [-0.3, -0.25) is 4.39 Å². The number of alkyl halides is 1. The van der Waals surface area contributed by atoms with Crippen molar-refractivity contribution in [3.8, 4) is 5.75 Å². The second kappa shape index (κ2) is 4.54. The summed E-state index contributed by atoms with van der Waals surface area (Å²) in [6, 6.07) is 7.35. The number of aryl methyl sites for hydroxylation is 1. The highest BCUT2D eigenvalue weighted by atomic mass is 19.1. The average Bonchev–Trinajstić information content (AvgIpc) is 2.09. The highest BCUT2D eigenvalue weighted by molar-refractivity contribution is 5.33. The van der Waals surface area contributed by atoms with Crippen LogP contribution in [0.25, 0.3) is 0 Å². The van der Waals surface area contributed by atoms with Crippen LogP contribution < -0.4 is 4.74 Å². The molecule has 0 fully saturated rings. The first-order chi connectivity index (χ1) is 5.88. The Labute approximate surface area is 71.5 Å². The van der Waals surface area contributed by atoms with E-state index in [2.05, 4.69) is 6.58 Å². The Bertz CT molecular complexity index is 258. The smallest absolute Gasteiger partial charge is 0.129 e. The Balaban J connectivity index is 2.83. The van der Waals surface area contributed by atoms with E-state index in [1.165, 1.54) is 6.26 Å². The summed E-state index contributed by atoms with van der Waals surface area (Å²) in [7, 11) is 0. The maximum Gasteiger partial charge on any atom is 0.129 e. The first-order valence-electron chi connectivity index (χ1n) is 3.80. The molecule has 0 aromatic heterocycles. The molecule has 0 amide bonds. The van der Waals surface area contributed by atoms with Gasteiger partial charge in [0.2, 0.25) is 0 Å². The maximum absolute atomic E-state index is 12.0. The third-order valence-electron chi connectivity index (χ3n) is 1.55. The number of halogens is 1. The number of rotatable bonds is 4. The maximum atomic E-state index is 12.0. The minimum absolute atomic E-state index is 0.364. The van der Waals surface area contributed by atoms with Crippen molar-refractivity contribution in [1.82, 2.24) is 0 Å². The van der Waals surface area contributed by atoms with Crippen molar-refractivity contribution in [3.05, 3.63) is 42.7 Å². The molecule has 12 heavy (non-hydrogen) atoms. The lowest BCUT2D eigenvalue weighted by atomic mass is 10.1. The average molecular weight is 166 g/mol. The third-order valence-corrected chi connectivity index (χ3v) is 1.55. The summed E-state index contributed by atoms with van der Waals surface area (Å²) in [6.07, 6.45) is 1.74. The third kappa shape index (κ3) is 2.09. The van der Waals surface area contributed by atoms with Gasteiger partial charge in [-0.1, -0.05) is 24.8 Å². The highest BCUT2D eigenvalue weighted by Crippen LogP contribution is 2.18. The summed E-state index contributed by atoms with van der Waals surface area (Å²) in [5.74, 6) is 0.685. The molecule has 0 bridgehead atoms. The SMILES string of the molecule is C=COc1ccccc1CCF. The largest absolute Gasteiger partial charge is 0.465 e. The van der Waals surface area contributed by atoms with Gasteiger partial charge in [0.1, 0.15) is 5.75 Å². The van der Waals surface area contributed by atoms with Gasteiger partial charge in [0.15, 0.2) is 0 Å². The number of hydrogen-bond donors (Lipinski definition) is 0. The molecular weight excluding hydrogens is 155 g/mol. The number of para-hydroxylation sites is 1. The molecule has 0 saturated carbocycles. The molecule has 0 atom stereocenters. The van der Waals surface area contributed by atoms with Crippen LogP contribution in [0.3, 0.4) is 0 Å². The minimum atomic E-state index is -0.364. The van der Waals surface area contributed by atoms with E-state index in [4.69, 9.17) is 4.74 Å². The van der Waals surface area contributed by atoms with Crippen molar-refractivity contribution in [2.45, 2.75) is 6.42 Å². The van der Waals surface area contributed by atoms with Gasteiger partial charge in [-0.25, -0.2) is 0 Å². The van der Waals surface area contributed by atoms with E-state index in [9.17, 15) is 4.39 Å². The lowest BCUT2D eigenvalue weighted by molar-refractivity contribution is 0.459. The van der Waals surface area contributed by atoms with E-state index in [0.717, 1.165) is 5.56 Å². The summed E-state index contributed by atoms with van der Waals surface area (Å²) in [6.45, 7) is 3.08. The van der Waals surface area contributed by atoms with Gasteiger partial charge < -0.3 is 4.74 Å². The predicted octanol–water partition coefficient (Wildman–Crippen LogP) is 2.72. The lowest BCUT2D eigenvalue weighted by Gasteiger charge is -2.05. The Morgan fingerprint density at radius 1 is 1.42 bits per heavy atom. The van der Waals surface area contributed by atoms with Crippen molar-refractivity contribution in [1.29, 1.82) is 0 Å². The standard InChI is InChI=1S/C10H11FO/c1-2-12-10-6-4-3-5-9(10)7-8-11/h2-6H,1,7-8H2. The van der Waals surface area contributed by atoms with Crippen LogP contribution in [0.5, 0.6) is 5.75 Å². The Morgan fingerprint density at radius 2 is 2.17 bits per heavy atom. The van der Waals surface area contributed by atoms with E-state index >= 15 is 0 Å². The van der Waals surface area contributed by atoms with E-state index in [1.54, 1.807) is 6.07 Å². The van der Waals surface area contributed by atoms with Gasteiger partial charge >= 0.3 is 0 Å². The van der Waals surface area contributed by atoms with E-state index < -0.39 is 0 Å². The molecule has 0 saturated heterocycles. The van der Waals surface area contributed by atoms with Crippen LogP contribution in [-0.4, -0.2) is 6.67 Å². The molecule has 0 aliphatic rings. The zero-order chi connectivity index (χ0) is 8.81. The molecule has 64 valence electrons. The van der Waals surface area contributed by atoms with Gasteiger partial charge in [-0.15, -0.1) is 0 Å². The van der Waals surface area contributed by atoms with Crippen LogP contribution in [0.4, 0.5) is 4.39 Å². The van der Waals surface area contributed by atoms with Crippen LogP contribution in [0.15, 0.2) is 37.1 Å². The molecule has 0 N–H and O–H groups in total. The fourth-order valence-electron chi connectivity index (χ4n) is 1.02. The zero-order valence-electron chi connectivity index (χ0n) is 6.79. The predicted molar refractivity (Wildman–Crippen MR) is 46.9 cm³/mol. The van der Waals surface area contributed by atoms with Crippen molar-refractivity contribution < 1.29 is 9.13 Å². The highest BCUT2D eigenvalue weighted by Gasteiger charge is 1.99. The second-order valence-electron chi connectivity index (χ2n) is 2.33. The summed E-state index contributed by atoms with van der Waals surface area (Å²) < 4.78 is 17.1. The van der Waals surface area contributed by atoms with E-state index in [-0.39, 0.29) is 6.67 Å². The molecule has 0 aliphatic heterocycles. The normalized spacial score (nSPS) is 9.42. The topological polar surface area (TPSA) is 9.23 Å². The molecule has 0 unspecified atom stereocenters. The number of ether oxygens (including phenoxy) is 1. The first kappa shape index (κ1) is 8.78. The molecule has 0 aliphatic carbocycles. The van der Waals surface area contributed by atoms with E-state index in [0.29, 0.717) is 12.2 Å². The van der Waals surface area contributed by atoms with Crippen LogP contribution in [0.2, 0.25) is 0 Å². The fraction of sp³-hybridized carbons (Fsp3) is 0.200. The first-order valence-corrected chi connectivity index (χ1v) is 3.80. The van der Waals surface area contributed by atoms with Gasteiger partial charge in [0, 0.05) is 6.42 Å². The molecule has 1 nitrogen and oxygen atoms in total. The summed E-state index contributed by atoms with van der Waals surface area (Å²) >= 11 is 0. The molecule has 1 rings (SSSR count). The van der Waals surface area contributed by atoms with Gasteiger partial charge in [-0.2, -0.15) is 0 Å². The molecule has 0 heterocycles. The van der Waals surface area contributed by atoms with Crippen LogP contribution in [0.1, 0.15) is 5.56 Å².